The molecule has 2 atom stereocenters. The molecule has 3 N–H and O–H groups in total. The number of rotatable bonds is 7. The maximum absolute atomic E-state index is 11.9. The SMILES string of the molecule is Cc1cc(COc2ccc(C3=NOC(C4(CC(=O)NO)CCNC4)C3)cc2)c2ccccc2n1. The van der Waals surface area contributed by atoms with E-state index in [1.165, 1.54) is 0 Å². The van der Waals surface area contributed by atoms with Gasteiger partial charge in [0.05, 0.1) is 11.2 Å². The minimum Gasteiger partial charge on any atom is -0.489 e. The van der Waals surface area contributed by atoms with Crippen molar-refractivity contribution in [3.63, 3.8) is 0 Å². The highest BCUT2D eigenvalue weighted by atomic mass is 16.6. The van der Waals surface area contributed by atoms with E-state index in [1.54, 1.807) is 5.48 Å². The Hall–Kier alpha value is -3.49. The van der Waals surface area contributed by atoms with Gasteiger partial charge in [0.15, 0.2) is 0 Å². The Morgan fingerprint density at radius 3 is 2.85 bits per heavy atom. The predicted octanol–water partition coefficient (Wildman–Crippen LogP) is 3.49. The molecule has 2 aromatic carbocycles. The van der Waals surface area contributed by atoms with Crippen LogP contribution in [0, 0.1) is 12.3 Å². The highest BCUT2D eigenvalue weighted by molar-refractivity contribution is 6.01. The molecule has 3 aromatic rings. The smallest absolute Gasteiger partial charge is 0.244 e. The fraction of sp³-hybridized carbons (Fsp3) is 0.346. The summed E-state index contributed by atoms with van der Waals surface area (Å²) in [6, 6.07) is 18.0. The average Bonchev–Trinajstić information content (AvgIpc) is 3.54. The van der Waals surface area contributed by atoms with Gasteiger partial charge >= 0.3 is 0 Å². The van der Waals surface area contributed by atoms with Gasteiger partial charge < -0.3 is 14.9 Å². The van der Waals surface area contributed by atoms with Gasteiger partial charge in [0.25, 0.3) is 0 Å². The number of oxime groups is 1. The van der Waals surface area contributed by atoms with Crippen LogP contribution in [0.15, 0.2) is 59.8 Å². The van der Waals surface area contributed by atoms with Crippen LogP contribution < -0.4 is 15.5 Å². The number of ether oxygens (including phenoxy) is 1. The summed E-state index contributed by atoms with van der Waals surface area (Å²) in [5.74, 6) is 0.369. The summed E-state index contributed by atoms with van der Waals surface area (Å²) in [7, 11) is 0. The number of pyridine rings is 1. The Morgan fingerprint density at radius 1 is 1.26 bits per heavy atom. The zero-order valence-corrected chi connectivity index (χ0v) is 19.1. The van der Waals surface area contributed by atoms with Gasteiger partial charge in [-0.25, -0.2) is 5.48 Å². The highest BCUT2D eigenvalue weighted by Gasteiger charge is 2.47. The second kappa shape index (κ2) is 9.40. The number of benzene rings is 2. The summed E-state index contributed by atoms with van der Waals surface area (Å²) >= 11 is 0. The van der Waals surface area contributed by atoms with E-state index in [0.29, 0.717) is 19.6 Å². The molecule has 0 bridgehead atoms. The molecule has 0 saturated carbocycles. The molecule has 0 radical (unpaired) electrons. The molecular weight excluding hydrogens is 432 g/mol. The van der Waals surface area contributed by atoms with Crippen LogP contribution in [0.25, 0.3) is 10.9 Å². The van der Waals surface area contributed by atoms with E-state index in [4.69, 9.17) is 14.8 Å². The Morgan fingerprint density at radius 2 is 2.09 bits per heavy atom. The fourth-order valence-electron chi connectivity index (χ4n) is 4.96. The second-order valence-corrected chi connectivity index (χ2v) is 9.09. The van der Waals surface area contributed by atoms with Gasteiger partial charge in [0, 0.05) is 41.4 Å². The number of aromatic nitrogens is 1. The predicted molar refractivity (Wildman–Crippen MR) is 128 cm³/mol. The highest BCUT2D eigenvalue weighted by Crippen LogP contribution is 2.40. The molecule has 2 aliphatic heterocycles. The number of hydrogen-bond donors (Lipinski definition) is 3. The van der Waals surface area contributed by atoms with E-state index in [2.05, 4.69) is 27.6 Å². The van der Waals surface area contributed by atoms with Gasteiger partial charge in [-0.2, -0.15) is 0 Å². The average molecular weight is 461 g/mol. The van der Waals surface area contributed by atoms with Crippen LogP contribution in [0.1, 0.15) is 36.1 Å². The van der Waals surface area contributed by atoms with Gasteiger partial charge in [-0.3, -0.25) is 15.0 Å². The summed E-state index contributed by atoms with van der Waals surface area (Å²) in [5, 5.41) is 17.7. The van der Waals surface area contributed by atoms with E-state index in [1.807, 2.05) is 49.4 Å². The number of nitrogens with one attached hydrogen (secondary N) is 2. The number of para-hydroxylation sites is 1. The van der Waals surface area contributed by atoms with Crippen LogP contribution in [0.3, 0.4) is 0 Å². The first-order valence-electron chi connectivity index (χ1n) is 11.5. The van der Waals surface area contributed by atoms with Crippen molar-refractivity contribution in [3.05, 3.63) is 71.4 Å². The lowest BCUT2D eigenvalue weighted by atomic mass is 9.76. The van der Waals surface area contributed by atoms with Crippen molar-refractivity contribution < 1.29 is 19.6 Å². The summed E-state index contributed by atoms with van der Waals surface area (Å²) in [4.78, 5) is 22.3. The molecule has 2 aliphatic rings. The number of carbonyl (C=O) groups excluding carboxylic acids is 1. The van der Waals surface area contributed by atoms with Crippen LogP contribution in [-0.2, 0) is 16.2 Å². The summed E-state index contributed by atoms with van der Waals surface area (Å²) in [6.45, 7) is 3.91. The van der Waals surface area contributed by atoms with Crippen molar-refractivity contribution in [2.75, 3.05) is 13.1 Å². The first-order chi connectivity index (χ1) is 16.6. The molecule has 34 heavy (non-hydrogen) atoms. The van der Waals surface area contributed by atoms with Gasteiger partial charge in [-0.15, -0.1) is 0 Å². The minimum atomic E-state index is -0.403. The zero-order valence-electron chi connectivity index (χ0n) is 19.1. The quantitative estimate of drug-likeness (QED) is 0.368. The van der Waals surface area contributed by atoms with E-state index in [0.717, 1.165) is 52.2 Å². The first kappa shape index (κ1) is 22.3. The second-order valence-electron chi connectivity index (χ2n) is 9.09. The Kier molecular flexibility index (Phi) is 6.17. The van der Waals surface area contributed by atoms with E-state index >= 15 is 0 Å². The van der Waals surface area contributed by atoms with Gasteiger partial charge in [0.2, 0.25) is 5.91 Å². The fourth-order valence-corrected chi connectivity index (χ4v) is 4.96. The summed E-state index contributed by atoms with van der Waals surface area (Å²) in [5.41, 5.74) is 6.22. The third-order valence-corrected chi connectivity index (χ3v) is 6.78. The lowest BCUT2D eigenvalue weighted by Crippen LogP contribution is -2.41. The number of hydroxylamine groups is 1. The van der Waals surface area contributed by atoms with Gasteiger partial charge in [-0.1, -0.05) is 23.4 Å². The largest absolute Gasteiger partial charge is 0.489 e. The van der Waals surface area contributed by atoms with Gasteiger partial charge in [-0.05, 0) is 61.9 Å². The number of amides is 1. The molecule has 1 fully saturated rings. The maximum atomic E-state index is 11.9. The molecule has 176 valence electrons. The van der Waals surface area contributed by atoms with Crippen LogP contribution in [0.4, 0.5) is 0 Å². The molecule has 8 nitrogen and oxygen atoms in total. The molecule has 1 amide bonds. The van der Waals surface area contributed by atoms with Crippen molar-refractivity contribution >= 4 is 22.5 Å². The number of aryl methyl sites for hydroxylation is 1. The van der Waals surface area contributed by atoms with Crippen LogP contribution >= 0.6 is 0 Å². The van der Waals surface area contributed by atoms with Crippen molar-refractivity contribution in [1.29, 1.82) is 0 Å². The summed E-state index contributed by atoms with van der Waals surface area (Å²) in [6.07, 6.45) is 1.39. The maximum Gasteiger partial charge on any atom is 0.244 e. The topological polar surface area (TPSA) is 105 Å². The number of hydrogen-bond acceptors (Lipinski definition) is 7. The van der Waals surface area contributed by atoms with Crippen molar-refractivity contribution in [1.82, 2.24) is 15.8 Å². The molecule has 1 aromatic heterocycles. The molecule has 2 unspecified atom stereocenters. The Labute approximate surface area is 197 Å². The minimum absolute atomic E-state index is 0.194. The molecular formula is C26H28N4O4. The van der Waals surface area contributed by atoms with E-state index < -0.39 is 5.91 Å². The number of carbonyl (C=O) groups is 1. The Balaban J connectivity index is 1.24. The lowest BCUT2D eigenvalue weighted by molar-refractivity contribution is -0.134. The molecule has 3 heterocycles. The monoisotopic (exact) mass is 460 g/mol. The molecule has 8 heteroatoms. The lowest BCUT2D eigenvalue weighted by Gasteiger charge is -2.31. The van der Waals surface area contributed by atoms with E-state index in [-0.39, 0.29) is 17.9 Å². The van der Waals surface area contributed by atoms with E-state index in [9.17, 15) is 4.79 Å². The van der Waals surface area contributed by atoms with Crippen LogP contribution in [-0.4, -0.2) is 41.0 Å². The van der Waals surface area contributed by atoms with Gasteiger partial charge in [0.1, 0.15) is 18.5 Å². The molecule has 0 spiro atoms. The third-order valence-electron chi connectivity index (χ3n) is 6.78. The number of fused-ring (bicyclic) bond motifs is 1. The number of nitrogens with zero attached hydrogens (tertiary/aromatic N) is 2. The normalized spacial score (nSPS) is 21.8. The van der Waals surface area contributed by atoms with Crippen LogP contribution in [0.2, 0.25) is 0 Å². The van der Waals surface area contributed by atoms with Crippen molar-refractivity contribution in [3.8, 4) is 5.75 Å². The van der Waals surface area contributed by atoms with Crippen molar-refractivity contribution in [2.24, 2.45) is 10.6 Å². The standard InChI is InChI=1S/C26H28N4O4/c1-17-12-19(21-4-2-3-5-22(21)28-17)15-33-20-8-6-18(7-9-20)23-13-24(34-30-23)26(10-11-27-16-26)14-25(31)29-32/h2-9,12,24,27,32H,10-11,13-16H2,1H3,(H,29,31). The molecule has 0 aliphatic carbocycles. The van der Waals surface area contributed by atoms with Crippen molar-refractivity contribution in [2.45, 2.75) is 38.9 Å². The third kappa shape index (κ3) is 4.47. The summed E-state index contributed by atoms with van der Waals surface area (Å²) < 4.78 is 6.07. The van der Waals surface area contributed by atoms with Crippen LogP contribution in [0.5, 0.6) is 5.75 Å². The first-order valence-corrected chi connectivity index (χ1v) is 11.5. The Bertz CT molecular complexity index is 1220. The molecule has 1 saturated heterocycles. The molecule has 5 rings (SSSR count). The zero-order chi connectivity index (χ0) is 23.5.